The quantitative estimate of drug-likeness (QED) is 0.267. The van der Waals surface area contributed by atoms with Crippen LogP contribution in [0.1, 0.15) is 11.1 Å². The number of alkyl halides is 6. The predicted molar refractivity (Wildman–Crippen MR) is 70.7 cm³/mol. The number of benzene rings is 2. The van der Waals surface area contributed by atoms with Crippen molar-refractivity contribution in [2.24, 2.45) is 5.11 Å². The van der Waals surface area contributed by atoms with Crippen LogP contribution in [0.4, 0.5) is 32.0 Å². The minimum Gasteiger partial charge on any atom is -0.166 e. The largest absolute Gasteiger partial charge is 0.416 e. The van der Waals surface area contributed by atoms with Gasteiger partial charge in [0.1, 0.15) is 0 Å². The summed E-state index contributed by atoms with van der Waals surface area (Å²) >= 11 is 0. The summed E-state index contributed by atoms with van der Waals surface area (Å²) in [4.78, 5) is 2.08. The van der Waals surface area contributed by atoms with Crippen molar-refractivity contribution in [2.45, 2.75) is 12.4 Å². The number of hydrogen-bond donors (Lipinski definition) is 0. The summed E-state index contributed by atoms with van der Waals surface area (Å²) in [6.45, 7) is 0. The van der Waals surface area contributed by atoms with Crippen molar-refractivity contribution >= 4 is 5.69 Å². The maximum absolute atomic E-state index is 13.1. The number of azide groups is 1. The molecule has 0 saturated carbocycles. The maximum Gasteiger partial charge on any atom is 0.416 e. The monoisotopic (exact) mass is 331 g/mol. The molecule has 120 valence electrons. The van der Waals surface area contributed by atoms with Crippen LogP contribution in [0.2, 0.25) is 0 Å². The molecule has 2 aromatic carbocycles. The standard InChI is InChI=1S/C14H7F6N3/c15-13(16,17)10-6-9(8-4-2-1-3-5-8)7-11(14(18,19)20)12(10)22-23-21/h1-7H. The summed E-state index contributed by atoms with van der Waals surface area (Å²) in [5, 5.41) is 2.61. The molecule has 0 aliphatic carbocycles. The predicted octanol–water partition coefficient (Wildman–Crippen LogP) is 6.33. The number of nitrogens with zero attached hydrogens (tertiary/aromatic N) is 3. The Hall–Kier alpha value is -2.67. The average Bonchev–Trinajstić information content (AvgIpc) is 2.46. The van der Waals surface area contributed by atoms with Crippen molar-refractivity contribution in [1.29, 1.82) is 0 Å². The van der Waals surface area contributed by atoms with Crippen LogP contribution in [0, 0.1) is 0 Å². The summed E-state index contributed by atoms with van der Waals surface area (Å²) in [5.74, 6) is 0. The van der Waals surface area contributed by atoms with Crippen LogP contribution >= 0.6 is 0 Å². The van der Waals surface area contributed by atoms with Crippen molar-refractivity contribution in [1.82, 2.24) is 0 Å². The molecule has 2 rings (SSSR count). The summed E-state index contributed by atoms with van der Waals surface area (Å²) in [7, 11) is 0. The molecule has 0 heterocycles. The van der Waals surface area contributed by atoms with Gasteiger partial charge < -0.3 is 0 Å². The molecule has 9 heteroatoms. The lowest BCUT2D eigenvalue weighted by molar-refractivity contribution is -0.141. The Morgan fingerprint density at radius 1 is 0.783 bits per heavy atom. The Bertz CT molecular complexity index is 723. The van der Waals surface area contributed by atoms with Gasteiger partial charge in [-0.3, -0.25) is 0 Å². The molecule has 0 N–H and O–H groups in total. The summed E-state index contributed by atoms with van der Waals surface area (Å²) in [6, 6.07) is 8.37. The molecular formula is C14H7F6N3. The van der Waals surface area contributed by atoms with Crippen molar-refractivity contribution in [2.75, 3.05) is 0 Å². The van der Waals surface area contributed by atoms with Crippen LogP contribution in [-0.2, 0) is 12.4 Å². The third-order valence-electron chi connectivity index (χ3n) is 2.97. The van der Waals surface area contributed by atoms with E-state index in [1.807, 2.05) is 0 Å². The zero-order valence-electron chi connectivity index (χ0n) is 11.2. The average molecular weight is 331 g/mol. The fourth-order valence-corrected chi connectivity index (χ4v) is 2.02. The summed E-state index contributed by atoms with van der Waals surface area (Å²) in [5.41, 5.74) is 3.46. The SMILES string of the molecule is [N-]=[N+]=Nc1c(C(F)(F)F)cc(-c2ccccc2)cc1C(F)(F)F. The molecule has 0 saturated heterocycles. The van der Waals surface area contributed by atoms with Crippen LogP contribution in [0.25, 0.3) is 21.6 Å². The summed E-state index contributed by atoms with van der Waals surface area (Å²) in [6.07, 6.45) is -10.2. The smallest absolute Gasteiger partial charge is 0.166 e. The van der Waals surface area contributed by atoms with E-state index in [9.17, 15) is 26.3 Å². The highest BCUT2D eigenvalue weighted by Crippen LogP contribution is 2.46. The Kier molecular flexibility index (Phi) is 4.24. The summed E-state index contributed by atoms with van der Waals surface area (Å²) < 4.78 is 78.5. The second kappa shape index (κ2) is 5.85. The second-order valence-corrected chi connectivity index (χ2v) is 4.47. The molecule has 0 amide bonds. The molecule has 0 spiro atoms. The van der Waals surface area contributed by atoms with E-state index in [1.54, 1.807) is 6.07 Å². The minimum atomic E-state index is -5.10. The van der Waals surface area contributed by atoms with Gasteiger partial charge in [0.2, 0.25) is 0 Å². The second-order valence-electron chi connectivity index (χ2n) is 4.47. The number of hydrogen-bond acceptors (Lipinski definition) is 1. The highest BCUT2D eigenvalue weighted by molar-refractivity contribution is 5.71. The fourth-order valence-electron chi connectivity index (χ4n) is 2.02. The molecule has 0 aliphatic heterocycles. The van der Waals surface area contributed by atoms with Gasteiger partial charge in [0.05, 0.1) is 16.8 Å². The lowest BCUT2D eigenvalue weighted by atomic mass is 9.97. The Labute approximate surface area is 125 Å². The van der Waals surface area contributed by atoms with Gasteiger partial charge in [0.25, 0.3) is 0 Å². The van der Waals surface area contributed by atoms with Crippen LogP contribution < -0.4 is 0 Å². The Morgan fingerprint density at radius 3 is 1.65 bits per heavy atom. The van der Waals surface area contributed by atoms with E-state index in [0.717, 1.165) is 0 Å². The molecule has 0 radical (unpaired) electrons. The molecule has 3 nitrogen and oxygen atoms in total. The van der Waals surface area contributed by atoms with Gasteiger partial charge in [-0.1, -0.05) is 35.4 Å². The van der Waals surface area contributed by atoms with Gasteiger partial charge in [0, 0.05) is 4.91 Å². The first-order valence-electron chi connectivity index (χ1n) is 6.07. The third-order valence-corrected chi connectivity index (χ3v) is 2.97. The Balaban J connectivity index is 2.86. The maximum atomic E-state index is 13.1. The molecule has 2 aromatic rings. The van der Waals surface area contributed by atoms with E-state index in [2.05, 4.69) is 10.0 Å². The molecule has 0 aliphatic rings. The van der Waals surface area contributed by atoms with Crippen molar-refractivity contribution < 1.29 is 26.3 Å². The van der Waals surface area contributed by atoms with Gasteiger partial charge in [-0.15, -0.1) is 0 Å². The van der Waals surface area contributed by atoms with Gasteiger partial charge in [-0.25, -0.2) is 0 Å². The topological polar surface area (TPSA) is 48.8 Å². The van der Waals surface area contributed by atoms with E-state index in [0.29, 0.717) is 12.1 Å². The molecular weight excluding hydrogens is 324 g/mol. The van der Waals surface area contributed by atoms with E-state index >= 15 is 0 Å². The first-order valence-corrected chi connectivity index (χ1v) is 6.07. The number of halogens is 6. The van der Waals surface area contributed by atoms with Crippen LogP contribution in [0.15, 0.2) is 47.6 Å². The van der Waals surface area contributed by atoms with E-state index in [4.69, 9.17) is 5.53 Å². The van der Waals surface area contributed by atoms with E-state index in [-0.39, 0.29) is 11.1 Å². The molecule has 0 atom stereocenters. The normalized spacial score (nSPS) is 11.9. The van der Waals surface area contributed by atoms with Gasteiger partial charge in [0.15, 0.2) is 0 Å². The van der Waals surface area contributed by atoms with Crippen LogP contribution in [0.5, 0.6) is 0 Å². The van der Waals surface area contributed by atoms with Crippen molar-refractivity contribution in [3.63, 3.8) is 0 Å². The van der Waals surface area contributed by atoms with Gasteiger partial charge >= 0.3 is 12.4 Å². The van der Waals surface area contributed by atoms with Gasteiger partial charge in [-0.2, -0.15) is 26.3 Å². The molecule has 0 aromatic heterocycles. The fraction of sp³-hybridized carbons (Fsp3) is 0.143. The van der Waals surface area contributed by atoms with Gasteiger partial charge in [-0.05, 0) is 28.8 Å². The molecule has 23 heavy (non-hydrogen) atoms. The number of rotatable bonds is 2. The molecule has 0 unspecified atom stereocenters. The molecule has 0 bridgehead atoms. The lowest BCUT2D eigenvalue weighted by Crippen LogP contribution is -2.12. The first-order chi connectivity index (χ1) is 10.6. The third kappa shape index (κ3) is 3.57. The van der Waals surface area contributed by atoms with Crippen molar-refractivity contribution in [3.05, 3.63) is 64.0 Å². The zero-order valence-corrected chi connectivity index (χ0v) is 11.2. The van der Waals surface area contributed by atoms with E-state index in [1.165, 1.54) is 24.3 Å². The van der Waals surface area contributed by atoms with Crippen LogP contribution in [-0.4, -0.2) is 0 Å². The van der Waals surface area contributed by atoms with E-state index < -0.39 is 29.2 Å². The minimum absolute atomic E-state index is 0.177. The first kappa shape index (κ1) is 16.7. The van der Waals surface area contributed by atoms with Crippen LogP contribution in [0.3, 0.4) is 0 Å². The Morgan fingerprint density at radius 2 is 1.26 bits per heavy atom. The van der Waals surface area contributed by atoms with Crippen molar-refractivity contribution in [3.8, 4) is 11.1 Å². The highest BCUT2D eigenvalue weighted by atomic mass is 19.4. The zero-order chi connectivity index (χ0) is 17.3. The molecule has 0 fully saturated rings. The lowest BCUT2D eigenvalue weighted by Gasteiger charge is -2.18. The highest BCUT2D eigenvalue weighted by Gasteiger charge is 2.41.